The minimum absolute atomic E-state index is 0.0614. The standard InChI is InChI=1S/C15H7F6N3O2/c16-14(17,18)8-4-9(15(19,20)21)6-10(5-8)23-24-11(7-22)13(25)12-2-1-3-26-12/h1-6,23H/b24-11-. The van der Waals surface area contributed by atoms with Crippen LogP contribution in [0, 0.1) is 11.3 Å². The van der Waals surface area contributed by atoms with Crippen molar-refractivity contribution < 1.29 is 35.6 Å². The van der Waals surface area contributed by atoms with E-state index in [2.05, 4.69) is 5.10 Å². The Hall–Kier alpha value is -3.29. The first-order valence-electron chi connectivity index (χ1n) is 6.64. The summed E-state index contributed by atoms with van der Waals surface area (Å²) in [6, 6.07) is 4.61. The second-order valence-electron chi connectivity index (χ2n) is 4.78. The molecule has 0 aliphatic heterocycles. The van der Waals surface area contributed by atoms with Gasteiger partial charge in [-0.05, 0) is 30.3 Å². The number of nitriles is 1. The number of ketones is 1. The van der Waals surface area contributed by atoms with Gasteiger partial charge in [0.1, 0.15) is 6.07 Å². The molecule has 26 heavy (non-hydrogen) atoms. The number of anilines is 1. The van der Waals surface area contributed by atoms with Gasteiger partial charge in [0.2, 0.25) is 5.71 Å². The Bertz CT molecular complexity index is 844. The molecule has 0 fully saturated rings. The minimum Gasteiger partial charge on any atom is -0.461 e. The largest absolute Gasteiger partial charge is 0.461 e. The number of hydrogen-bond donors (Lipinski definition) is 1. The molecule has 136 valence electrons. The van der Waals surface area contributed by atoms with E-state index in [1.54, 1.807) is 0 Å². The summed E-state index contributed by atoms with van der Waals surface area (Å²) in [6.45, 7) is 0. The Kier molecular flexibility index (Phi) is 5.06. The van der Waals surface area contributed by atoms with E-state index in [9.17, 15) is 31.1 Å². The fourth-order valence-electron chi connectivity index (χ4n) is 1.79. The summed E-state index contributed by atoms with van der Waals surface area (Å²) < 4.78 is 81.3. The molecular formula is C15H7F6N3O2. The molecule has 0 aliphatic rings. The molecule has 0 radical (unpaired) electrons. The van der Waals surface area contributed by atoms with Gasteiger partial charge in [0.25, 0.3) is 5.78 Å². The highest BCUT2D eigenvalue weighted by molar-refractivity contribution is 6.50. The van der Waals surface area contributed by atoms with Crippen LogP contribution in [0.2, 0.25) is 0 Å². The van der Waals surface area contributed by atoms with Crippen molar-refractivity contribution >= 4 is 17.2 Å². The van der Waals surface area contributed by atoms with Gasteiger partial charge in [-0.3, -0.25) is 10.2 Å². The average molecular weight is 375 g/mol. The van der Waals surface area contributed by atoms with Crippen LogP contribution < -0.4 is 5.43 Å². The first-order chi connectivity index (χ1) is 12.0. The number of halogens is 6. The van der Waals surface area contributed by atoms with Crippen LogP contribution in [0.3, 0.4) is 0 Å². The molecule has 1 N–H and O–H groups in total. The first-order valence-corrected chi connectivity index (χ1v) is 6.64. The van der Waals surface area contributed by atoms with E-state index in [0.717, 1.165) is 6.26 Å². The zero-order chi connectivity index (χ0) is 19.5. The number of nitrogens with zero attached hydrogens (tertiary/aromatic N) is 2. The third kappa shape index (κ3) is 4.41. The lowest BCUT2D eigenvalue weighted by Gasteiger charge is -2.13. The van der Waals surface area contributed by atoms with Crippen molar-refractivity contribution in [3.8, 4) is 6.07 Å². The Labute approximate surface area is 141 Å². The molecule has 1 aromatic heterocycles. The highest BCUT2D eigenvalue weighted by atomic mass is 19.4. The molecule has 1 aromatic carbocycles. The number of benzene rings is 1. The Balaban J connectivity index is 2.39. The van der Waals surface area contributed by atoms with E-state index >= 15 is 0 Å². The third-order valence-corrected chi connectivity index (χ3v) is 2.95. The van der Waals surface area contributed by atoms with Crippen molar-refractivity contribution in [2.45, 2.75) is 12.4 Å². The number of rotatable bonds is 4. The predicted octanol–water partition coefficient (Wildman–Crippen LogP) is 4.49. The van der Waals surface area contributed by atoms with Crippen molar-refractivity contribution in [2.75, 3.05) is 5.43 Å². The van der Waals surface area contributed by atoms with Crippen molar-refractivity contribution in [1.29, 1.82) is 5.26 Å². The molecule has 2 aromatic rings. The van der Waals surface area contributed by atoms with Gasteiger partial charge in [-0.2, -0.15) is 36.7 Å². The summed E-state index contributed by atoms with van der Waals surface area (Å²) in [7, 11) is 0. The number of nitrogens with one attached hydrogen (secondary N) is 1. The van der Waals surface area contributed by atoms with Crippen LogP contribution in [0.4, 0.5) is 32.0 Å². The van der Waals surface area contributed by atoms with Gasteiger partial charge in [-0.1, -0.05) is 0 Å². The average Bonchev–Trinajstić information content (AvgIpc) is 3.07. The van der Waals surface area contributed by atoms with Crippen LogP contribution in [-0.4, -0.2) is 11.5 Å². The lowest BCUT2D eigenvalue weighted by atomic mass is 10.1. The van der Waals surface area contributed by atoms with E-state index in [1.807, 2.05) is 5.43 Å². The zero-order valence-electron chi connectivity index (χ0n) is 12.4. The fraction of sp³-hybridized carbons (Fsp3) is 0.133. The van der Waals surface area contributed by atoms with Crippen molar-refractivity contribution in [3.63, 3.8) is 0 Å². The van der Waals surface area contributed by atoms with Crippen LogP contribution >= 0.6 is 0 Å². The van der Waals surface area contributed by atoms with Gasteiger partial charge in [-0.25, -0.2) is 0 Å². The van der Waals surface area contributed by atoms with E-state index in [1.165, 1.54) is 18.2 Å². The number of furan rings is 1. The molecule has 0 atom stereocenters. The number of Topliss-reactive ketones (excluding diaryl/α,β-unsaturated/α-hetero) is 1. The van der Waals surface area contributed by atoms with Crippen LogP contribution in [0.1, 0.15) is 21.7 Å². The molecule has 0 aliphatic carbocycles. The quantitative estimate of drug-likeness (QED) is 0.370. The number of hydrazone groups is 1. The first kappa shape index (κ1) is 19.0. The second-order valence-corrected chi connectivity index (χ2v) is 4.78. The van der Waals surface area contributed by atoms with Gasteiger partial charge in [0.15, 0.2) is 5.76 Å². The summed E-state index contributed by atoms with van der Waals surface area (Å²) in [4.78, 5) is 11.9. The zero-order valence-corrected chi connectivity index (χ0v) is 12.4. The second kappa shape index (κ2) is 6.91. The number of alkyl halides is 6. The molecule has 11 heteroatoms. The van der Waals surface area contributed by atoms with E-state index in [0.29, 0.717) is 12.1 Å². The summed E-state index contributed by atoms with van der Waals surface area (Å²) >= 11 is 0. The van der Waals surface area contributed by atoms with Crippen LogP contribution in [-0.2, 0) is 12.4 Å². The van der Waals surface area contributed by atoms with Crippen LogP contribution in [0.5, 0.6) is 0 Å². The molecule has 0 spiro atoms. The molecule has 0 bridgehead atoms. The molecule has 5 nitrogen and oxygen atoms in total. The van der Waals surface area contributed by atoms with Crippen molar-refractivity contribution in [1.82, 2.24) is 0 Å². The van der Waals surface area contributed by atoms with Gasteiger partial charge < -0.3 is 4.42 Å². The molecule has 0 saturated heterocycles. The van der Waals surface area contributed by atoms with E-state index < -0.39 is 40.7 Å². The third-order valence-electron chi connectivity index (χ3n) is 2.95. The molecule has 0 saturated carbocycles. The summed E-state index contributed by atoms with van der Waals surface area (Å²) in [5, 5.41) is 12.2. The maximum atomic E-state index is 12.8. The molecule has 0 unspecified atom stereocenters. The highest BCUT2D eigenvalue weighted by Gasteiger charge is 2.37. The maximum Gasteiger partial charge on any atom is 0.416 e. The summed E-state index contributed by atoms with van der Waals surface area (Å²) in [5.74, 6) is -1.26. The normalized spacial score (nSPS) is 12.6. The lowest BCUT2D eigenvalue weighted by molar-refractivity contribution is -0.143. The fourth-order valence-corrected chi connectivity index (χ4v) is 1.79. The molecule has 2 rings (SSSR count). The van der Waals surface area contributed by atoms with E-state index in [4.69, 9.17) is 9.68 Å². The van der Waals surface area contributed by atoms with Gasteiger partial charge in [0, 0.05) is 0 Å². The SMILES string of the molecule is N#C/C(=N/Nc1cc(C(F)(F)F)cc(C(F)(F)F)c1)C(=O)c1ccco1. The summed E-state index contributed by atoms with van der Waals surface area (Å²) in [5.41, 5.74) is -2.79. The molecule has 1 heterocycles. The smallest absolute Gasteiger partial charge is 0.416 e. The van der Waals surface area contributed by atoms with Crippen molar-refractivity contribution in [2.24, 2.45) is 5.10 Å². The Morgan fingerprint density at radius 3 is 2.08 bits per heavy atom. The van der Waals surface area contributed by atoms with Gasteiger partial charge in [0.05, 0.1) is 23.1 Å². The number of carbonyl (C=O) groups excluding carboxylic acids is 1. The number of carbonyl (C=O) groups is 1. The Morgan fingerprint density at radius 2 is 1.65 bits per heavy atom. The predicted molar refractivity (Wildman–Crippen MR) is 76.2 cm³/mol. The summed E-state index contributed by atoms with van der Waals surface area (Å²) in [6.07, 6.45) is -8.94. The van der Waals surface area contributed by atoms with Gasteiger partial charge >= 0.3 is 12.4 Å². The minimum atomic E-state index is -5.04. The van der Waals surface area contributed by atoms with E-state index in [-0.39, 0.29) is 11.8 Å². The monoisotopic (exact) mass is 375 g/mol. The van der Waals surface area contributed by atoms with Crippen LogP contribution in [0.15, 0.2) is 46.1 Å². The highest BCUT2D eigenvalue weighted by Crippen LogP contribution is 2.37. The van der Waals surface area contributed by atoms with Crippen molar-refractivity contribution in [3.05, 3.63) is 53.5 Å². The number of hydrogen-bond acceptors (Lipinski definition) is 5. The maximum absolute atomic E-state index is 12.8. The topological polar surface area (TPSA) is 78.4 Å². The molecular weight excluding hydrogens is 368 g/mol. The van der Waals surface area contributed by atoms with Gasteiger partial charge in [-0.15, -0.1) is 0 Å². The Morgan fingerprint density at radius 1 is 1.08 bits per heavy atom. The lowest BCUT2D eigenvalue weighted by Crippen LogP contribution is -2.14. The van der Waals surface area contributed by atoms with Crippen LogP contribution in [0.25, 0.3) is 0 Å². The molecule has 0 amide bonds.